The van der Waals surface area contributed by atoms with Gasteiger partial charge in [0, 0.05) is 11.3 Å². The van der Waals surface area contributed by atoms with Crippen LogP contribution in [0.1, 0.15) is 34.8 Å². The van der Waals surface area contributed by atoms with Crippen LogP contribution in [0, 0.1) is 6.92 Å². The summed E-state index contributed by atoms with van der Waals surface area (Å²) < 4.78 is 5.54. The van der Waals surface area contributed by atoms with Crippen LogP contribution in [0.4, 0.5) is 5.69 Å². The predicted octanol–water partition coefficient (Wildman–Crippen LogP) is 2.86. The second-order valence-corrected chi connectivity index (χ2v) is 4.26. The number of primary amides is 1. The van der Waals surface area contributed by atoms with E-state index in [1.807, 2.05) is 38.1 Å². The number of nitrogens with two attached hydrogens (primary N) is 1. The maximum atomic E-state index is 10.9. The lowest BCUT2D eigenvalue weighted by Crippen LogP contribution is -2.11. The summed E-state index contributed by atoms with van der Waals surface area (Å²) in [6.07, 6.45) is 0. The first-order valence-corrected chi connectivity index (χ1v) is 5.79. The van der Waals surface area contributed by atoms with Crippen molar-refractivity contribution in [3.8, 4) is 0 Å². The summed E-state index contributed by atoms with van der Waals surface area (Å²) in [4.78, 5) is 10.9. The molecule has 0 aliphatic rings. The number of amides is 1. The second kappa shape index (κ2) is 4.96. The molecule has 2 aromatic rings. The summed E-state index contributed by atoms with van der Waals surface area (Å²) >= 11 is 0. The molecular weight excluding hydrogens is 228 g/mol. The maximum Gasteiger partial charge on any atom is 0.248 e. The van der Waals surface area contributed by atoms with Gasteiger partial charge < -0.3 is 15.5 Å². The lowest BCUT2D eigenvalue weighted by molar-refractivity contribution is 0.100. The zero-order valence-electron chi connectivity index (χ0n) is 10.4. The van der Waals surface area contributed by atoms with Crippen LogP contribution in [0.5, 0.6) is 0 Å². The molecule has 1 aromatic carbocycles. The van der Waals surface area contributed by atoms with E-state index < -0.39 is 5.91 Å². The Hall–Kier alpha value is -2.23. The van der Waals surface area contributed by atoms with E-state index in [2.05, 4.69) is 5.32 Å². The van der Waals surface area contributed by atoms with E-state index in [9.17, 15) is 4.79 Å². The molecule has 0 radical (unpaired) electrons. The number of rotatable bonds is 4. The van der Waals surface area contributed by atoms with Crippen LogP contribution in [-0.4, -0.2) is 5.91 Å². The number of aryl methyl sites for hydroxylation is 1. The van der Waals surface area contributed by atoms with Gasteiger partial charge in [-0.1, -0.05) is 0 Å². The molecule has 1 heterocycles. The van der Waals surface area contributed by atoms with Crippen LogP contribution in [0.2, 0.25) is 0 Å². The van der Waals surface area contributed by atoms with Gasteiger partial charge in [0.15, 0.2) is 0 Å². The molecule has 0 spiro atoms. The third-order valence-corrected chi connectivity index (χ3v) is 2.74. The molecule has 1 amide bonds. The van der Waals surface area contributed by atoms with Gasteiger partial charge in [-0.3, -0.25) is 4.79 Å². The molecule has 1 unspecified atom stereocenters. The lowest BCUT2D eigenvalue weighted by atomic mass is 10.2. The SMILES string of the molecule is Cc1ccc(C(C)Nc2ccc(C(N)=O)cc2)o1. The van der Waals surface area contributed by atoms with Crippen LogP contribution < -0.4 is 11.1 Å². The van der Waals surface area contributed by atoms with Crippen molar-refractivity contribution in [3.63, 3.8) is 0 Å². The highest BCUT2D eigenvalue weighted by atomic mass is 16.3. The largest absolute Gasteiger partial charge is 0.464 e. The minimum absolute atomic E-state index is 0.0677. The van der Waals surface area contributed by atoms with Crippen LogP contribution in [0.3, 0.4) is 0 Å². The Kier molecular flexibility index (Phi) is 3.37. The van der Waals surface area contributed by atoms with Gasteiger partial charge in [-0.05, 0) is 50.2 Å². The van der Waals surface area contributed by atoms with Crippen molar-refractivity contribution in [2.24, 2.45) is 5.73 Å². The molecule has 2 rings (SSSR count). The number of nitrogens with one attached hydrogen (secondary N) is 1. The number of hydrogen-bond acceptors (Lipinski definition) is 3. The lowest BCUT2D eigenvalue weighted by Gasteiger charge is -2.13. The molecular formula is C14H16N2O2. The molecule has 0 fully saturated rings. The molecule has 4 nitrogen and oxygen atoms in total. The molecule has 0 bridgehead atoms. The number of benzene rings is 1. The van der Waals surface area contributed by atoms with Crippen molar-refractivity contribution in [2.45, 2.75) is 19.9 Å². The Morgan fingerprint density at radius 2 is 1.89 bits per heavy atom. The van der Waals surface area contributed by atoms with Crippen molar-refractivity contribution in [3.05, 3.63) is 53.5 Å². The van der Waals surface area contributed by atoms with Crippen LogP contribution in [0.15, 0.2) is 40.8 Å². The van der Waals surface area contributed by atoms with Crippen molar-refractivity contribution in [1.82, 2.24) is 0 Å². The number of hydrogen-bond donors (Lipinski definition) is 2. The summed E-state index contributed by atoms with van der Waals surface area (Å²) in [6, 6.07) is 11.0. The minimum Gasteiger partial charge on any atom is -0.464 e. The summed E-state index contributed by atoms with van der Waals surface area (Å²) in [5.74, 6) is 1.35. The Morgan fingerprint density at radius 1 is 1.22 bits per heavy atom. The third kappa shape index (κ3) is 2.71. The normalized spacial score (nSPS) is 12.1. The van der Waals surface area contributed by atoms with Crippen LogP contribution in [0.25, 0.3) is 0 Å². The highest BCUT2D eigenvalue weighted by molar-refractivity contribution is 5.93. The molecule has 1 atom stereocenters. The molecule has 0 aliphatic heterocycles. The molecule has 3 N–H and O–H groups in total. The minimum atomic E-state index is -0.420. The fourth-order valence-corrected chi connectivity index (χ4v) is 1.74. The number of anilines is 1. The fourth-order valence-electron chi connectivity index (χ4n) is 1.74. The zero-order chi connectivity index (χ0) is 13.1. The molecule has 4 heteroatoms. The molecule has 1 aromatic heterocycles. The molecule has 0 saturated carbocycles. The monoisotopic (exact) mass is 244 g/mol. The quantitative estimate of drug-likeness (QED) is 0.868. The third-order valence-electron chi connectivity index (χ3n) is 2.74. The van der Waals surface area contributed by atoms with Crippen molar-refractivity contribution < 1.29 is 9.21 Å². The maximum absolute atomic E-state index is 10.9. The fraction of sp³-hybridized carbons (Fsp3) is 0.214. The number of furan rings is 1. The highest BCUT2D eigenvalue weighted by Crippen LogP contribution is 2.21. The molecule has 0 aliphatic carbocycles. The first-order chi connectivity index (χ1) is 8.56. The average Bonchev–Trinajstić information content (AvgIpc) is 2.76. The van der Waals surface area contributed by atoms with E-state index >= 15 is 0 Å². The van der Waals surface area contributed by atoms with Gasteiger partial charge in [-0.15, -0.1) is 0 Å². The van der Waals surface area contributed by atoms with Gasteiger partial charge >= 0.3 is 0 Å². The van der Waals surface area contributed by atoms with E-state index in [0.717, 1.165) is 17.2 Å². The van der Waals surface area contributed by atoms with Gasteiger partial charge in [0.2, 0.25) is 5.91 Å². The summed E-state index contributed by atoms with van der Waals surface area (Å²) in [5, 5.41) is 3.29. The number of carbonyl (C=O) groups excluding carboxylic acids is 1. The summed E-state index contributed by atoms with van der Waals surface area (Å²) in [6.45, 7) is 3.93. The number of carbonyl (C=O) groups is 1. The van der Waals surface area contributed by atoms with Crippen molar-refractivity contribution in [2.75, 3.05) is 5.32 Å². The van der Waals surface area contributed by atoms with Crippen LogP contribution >= 0.6 is 0 Å². The second-order valence-electron chi connectivity index (χ2n) is 4.26. The molecule has 0 saturated heterocycles. The van der Waals surface area contributed by atoms with E-state index in [-0.39, 0.29) is 6.04 Å². The van der Waals surface area contributed by atoms with E-state index in [0.29, 0.717) is 5.56 Å². The molecule has 18 heavy (non-hydrogen) atoms. The smallest absolute Gasteiger partial charge is 0.248 e. The Balaban J connectivity index is 2.07. The predicted molar refractivity (Wildman–Crippen MR) is 70.4 cm³/mol. The first kappa shape index (κ1) is 12.2. The summed E-state index contributed by atoms with van der Waals surface area (Å²) in [5.41, 5.74) is 6.60. The van der Waals surface area contributed by atoms with Crippen molar-refractivity contribution >= 4 is 11.6 Å². The average molecular weight is 244 g/mol. The molecule has 94 valence electrons. The van der Waals surface area contributed by atoms with Gasteiger partial charge in [0.05, 0.1) is 6.04 Å². The van der Waals surface area contributed by atoms with E-state index in [1.165, 1.54) is 0 Å². The van der Waals surface area contributed by atoms with E-state index in [4.69, 9.17) is 10.2 Å². The summed E-state index contributed by atoms with van der Waals surface area (Å²) in [7, 11) is 0. The van der Waals surface area contributed by atoms with Gasteiger partial charge in [-0.25, -0.2) is 0 Å². The highest BCUT2D eigenvalue weighted by Gasteiger charge is 2.09. The van der Waals surface area contributed by atoms with Gasteiger partial charge in [0.1, 0.15) is 11.5 Å². The Bertz CT molecular complexity index is 543. The van der Waals surface area contributed by atoms with Crippen LogP contribution in [-0.2, 0) is 0 Å². The van der Waals surface area contributed by atoms with E-state index in [1.54, 1.807) is 12.1 Å². The van der Waals surface area contributed by atoms with Gasteiger partial charge in [0.25, 0.3) is 0 Å². The Morgan fingerprint density at radius 3 is 2.39 bits per heavy atom. The first-order valence-electron chi connectivity index (χ1n) is 5.79. The Labute approximate surface area is 106 Å². The standard InChI is InChI=1S/C14H16N2O2/c1-9-3-8-13(18-9)10(2)16-12-6-4-11(5-7-12)14(15)17/h3-8,10,16H,1-2H3,(H2,15,17). The zero-order valence-corrected chi connectivity index (χ0v) is 10.4. The van der Waals surface area contributed by atoms with Gasteiger partial charge in [-0.2, -0.15) is 0 Å². The van der Waals surface area contributed by atoms with Crippen molar-refractivity contribution in [1.29, 1.82) is 0 Å². The topological polar surface area (TPSA) is 68.3 Å².